The van der Waals surface area contributed by atoms with Gasteiger partial charge in [0.05, 0.1) is 18.4 Å². The number of aliphatic hydroxyl groups excluding tert-OH is 1. The summed E-state index contributed by atoms with van der Waals surface area (Å²) >= 11 is 12.2. The lowest BCUT2D eigenvalue weighted by molar-refractivity contribution is -0.120. The van der Waals surface area contributed by atoms with E-state index in [1.165, 1.54) is 6.07 Å². The number of hydrogen-bond donors (Lipinski definition) is 4. The zero-order valence-corrected chi connectivity index (χ0v) is 24.0. The molecule has 0 aromatic heterocycles. The van der Waals surface area contributed by atoms with Gasteiger partial charge in [-0.15, -0.1) is 0 Å². The maximum absolute atomic E-state index is 13.0. The quantitative estimate of drug-likeness (QED) is 0.264. The first-order chi connectivity index (χ1) is 18.9. The summed E-state index contributed by atoms with van der Waals surface area (Å²) in [6, 6.07) is 18.4. The number of carbonyl (C=O) groups excluding carboxylic acids is 2. The molecule has 2 amide bonds. The maximum Gasteiger partial charge on any atom is 0.252 e. The number of aliphatic hydroxyl groups is 1. The molecule has 40 heavy (non-hydrogen) atoms. The van der Waals surface area contributed by atoms with E-state index >= 15 is 0 Å². The Morgan fingerprint density at radius 1 is 1.00 bits per heavy atom. The van der Waals surface area contributed by atoms with Crippen LogP contribution < -0.4 is 15.8 Å². The second kappa shape index (κ2) is 12.6. The minimum atomic E-state index is -3.74. The largest absolute Gasteiger partial charge is 0.394 e. The fourth-order valence-electron chi connectivity index (χ4n) is 4.78. The predicted molar refractivity (Wildman–Crippen MR) is 156 cm³/mol. The van der Waals surface area contributed by atoms with Gasteiger partial charge in [-0.05, 0) is 66.1 Å². The molecule has 0 aliphatic carbocycles. The first-order valence-electron chi connectivity index (χ1n) is 12.5. The number of amides is 2. The lowest BCUT2D eigenvalue weighted by atomic mass is 9.91. The Morgan fingerprint density at radius 2 is 1.55 bits per heavy atom. The number of anilines is 1. The van der Waals surface area contributed by atoms with Crippen molar-refractivity contribution in [2.45, 2.75) is 19.0 Å². The van der Waals surface area contributed by atoms with Gasteiger partial charge in [0.1, 0.15) is 6.04 Å². The van der Waals surface area contributed by atoms with E-state index in [1.807, 2.05) is 48.5 Å². The van der Waals surface area contributed by atoms with Crippen molar-refractivity contribution in [3.8, 4) is 0 Å². The van der Waals surface area contributed by atoms with E-state index in [2.05, 4.69) is 14.9 Å². The highest BCUT2D eigenvalue weighted by molar-refractivity contribution is 7.92. The van der Waals surface area contributed by atoms with Gasteiger partial charge in [0.2, 0.25) is 15.9 Å². The van der Waals surface area contributed by atoms with Crippen LogP contribution in [0.1, 0.15) is 33.1 Å². The monoisotopic (exact) mass is 604 g/mol. The Morgan fingerprint density at radius 3 is 2.05 bits per heavy atom. The van der Waals surface area contributed by atoms with E-state index in [0.717, 1.165) is 11.1 Å². The molecule has 0 bridgehead atoms. The van der Waals surface area contributed by atoms with E-state index < -0.39 is 34.5 Å². The molecule has 0 unspecified atom stereocenters. The van der Waals surface area contributed by atoms with E-state index in [4.69, 9.17) is 28.9 Å². The summed E-state index contributed by atoms with van der Waals surface area (Å²) < 4.78 is 28.7. The highest BCUT2D eigenvalue weighted by Crippen LogP contribution is 2.36. The highest BCUT2D eigenvalue weighted by Gasteiger charge is 2.36. The van der Waals surface area contributed by atoms with Gasteiger partial charge in [-0.2, -0.15) is 0 Å². The Labute approximate surface area is 243 Å². The van der Waals surface area contributed by atoms with Crippen LogP contribution >= 0.6 is 23.2 Å². The Hall–Kier alpha value is -3.15. The van der Waals surface area contributed by atoms with Crippen LogP contribution in [0.25, 0.3) is 0 Å². The van der Waals surface area contributed by atoms with Crippen LogP contribution in [0.3, 0.4) is 0 Å². The third kappa shape index (κ3) is 7.52. The van der Waals surface area contributed by atoms with Crippen molar-refractivity contribution in [1.29, 1.82) is 0 Å². The fraction of sp³-hybridized carbons (Fsp3) is 0.286. The Kier molecular flexibility index (Phi) is 9.37. The zero-order chi connectivity index (χ0) is 29.0. The second-order valence-electron chi connectivity index (χ2n) is 9.91. The molecule has 5 N–H and O–H groups in total. The number of sulfonamides is 1. The average molecular weight is 606 g/mol. The Bertz CT molecular complexity index is 1430. The predicted octanol–water partition coefficient (Wildman–Crippen LogP) is 3.34. The molecule has 1 aliphatic heterocycles. The molecule has 12 heteroatoms. The van der Waals surface area contributed by atoms with Crippen molar-refractivity contribution in [2.75, 3.05) is 30.2 Å². The van der Waals surface area contributed by atoms with E-state index in [-0.39, 0.29) is 29.0 Å². The molecule has 0 spiro atoms. The molecule has 3 aromatic carbocycles. The smallest absolute Gasteiger partial charge is 0.252 e. The number of primary amides is 1. The molecular formula is C28H30Cl2N4O5S. The molecule has 1 saturated heterocycles. The molecule has 1 heterocycles. The van der Waals surface area contributed by atoms with Gasteiger partial charge >= 0.3 is 0 Å². The lowest BCUT2D eigenvalue weighted by Crippen LogP contribution is -2.51. The normalized spacial score (nSPS) is 14.9. The highest BCUT2D eigenvalue weighted by atomic mass is 35.5. The third-order valence-corrected chi connectivity index (χ3v) is 8.58. The van der Waals surface area contributed by atoms with Crippen molar-refractivity contribution in [3.05, 3.63) is 99.0 Å². The summed E-state index contributed by atoms with van der Waals surface area (Å²) in [5.41, 5.74) is 8.23. The molecule has 9 nitrogen and oxygen atoms in total. The van der Waals surface area contributed by atoms with Crippen LogP contribution in [0, 0.1) is 12.8 Å². The van der Waals surface area contributed by atoms with Crippen LogP contribution in [0.2, 0.25) is 10.0 Å². The summed E-state index contributed by atoms with van der Waals surface area (Å²) in [5.74, 6) is -1.74. The van der Waals surface area contributed by atoms with Gasteiger partial charge in [0.15, 0.2) is 0 Å². The van der Waals surface area contributed by atoms with Gasteiger partial charge < -0.3 is 16.2 Å². The number of benzene rings is 3. The number of rotatable bonds is 11. The fourth-order valence-corrected chi connectivity index (χ4v) is 6.43. The van der Waals surface area contributed by atoms with Gasteiger partial charge in [-0.3, -0.25) is 19.2 Å². The minimum absolute atomic E-state index is 0.0811. The van der Waals surface area contributed by atoms with Gasteiger partial charge in [0.25, 0.3) is 5.91 Å². The summed E-state index contributed by atoms with van der Waals surface area (Å²) in [4.78, 5) is 26.1. The van der Waals surface area contributed by atoms with Crippen molar-refractivity contribution < 1.29 is 23.1 Å². The standard InChI is InChI=1S/C28H30Cl2N4O5S/c1-17-10-21(28(37)32-25(15-35)27(31)36)12-24(11-17)33-40(38,39)16-18-13-34(14-18)26(19-2-6-22(29)7-3-19)20-4-8-23(30)9-5-20/h2-12,18,25-26,33,35H,13-16H2,1H3,(H2,31,36)(H,32,37)/t25-/m0/s1. The summed E-state index contributed by atoms with van der Waals surface area (Å²) in [6.07, 6.45) is 0. The van der Waals surface area contributed by atoms with Crippen LogP contribution in [-0.2, 0) is 14.8 Å². The number of carbonyl (C=O) groups is 2. The zero-order valence-electron chi connectivity index (χ0n) is 21.7. The van der Waals surface area contributed by atoms with Crippen LogP contribution in [0.4, 0.5) is 5.69 Å². The van der Waals surface area contributed by atoms with E-state index in [9.17, 15) is 23.1 Å². The second-order valence-corrected chi connectivity index (χ2v) is 12.5. The molecule has 0 saturated carbocycles. The van der Waals surface area contributed by atoms with Crippen molar-refractivity contribution in [3.63, 3.8) is 0 Å². The molecule has 212 valence electrons. The summed E-state index contributed by atoms with van der Waals surface area (Å²) in [5, 5.41) is 12.9. The number of nitrogens with zero attached hydrogens (tertiary/aromatic N) is 1. The number of hydrogen-bond acceptors (Lipinski definition) is 6. The van der Waals surface area contributed by atoms with Crippen molar-refractivity contribution in [2.24, 2.45) is 11.7 Å². The van der Waals surface area contributed by atoms with Gasteiger partial charge in [-0.1, -0.05) is 47.5 Å². The molecule has 0 radical (unpaired) electrons. The maximum atomic E-state index is 13.0. The van der Waals surface area contributed by atoms with Crippen molar-refractivity contribution in [1.82, 2.24) is 10.2 Å². The summed E-state index contributed by atoms with van der Waals surface area (Å²) in [7, 11) is -3.74. The SMILES string of the molecule is Cc1cc(NS(=O)(=O)CC2CN(C(c3ccc(Cl)cc3)c3ccc(Cl)cc3)C2)cc(C(=O)N[C@@H](CO)C(N)=O)c1. The van der Waals surface area contributed by atoms with Gasteiger partial charge in [0, 0.05) is 40.3 Å². The van der Waals surface area contributed by atoms with E-state index in [1.54, 1.807) is 19.1 Å². The summed E-state index contributed by atoms with van der Waals surface area (Å²) in [6.45, 7) is 2.19. The van der Waals surface area contributed by atoms with Crippen LogP contribution in [-0.4, -0.2) is 61.7 Å². The van der Waals surface area contributed by atoms with Crippen LogP contribution in [0.15, 0.2) is 66.7 Å². The minimum Gasteiger partial charge on any atom is -0.394 e. The molecular weight excluding hydrogens is 575 g/mol. The molecule has 1 atom stereocenters. The third-order valence-electron chi connectivity index (χ3n) is 6.62. The van der Waals surface area contributed by atoms with E-state index in [0.29, 0.717) is 28.7 Å². The number of nitrogens with one attached hydrogen (secondary N) is 2. The first-order valence-corrected chi connectivity index (χ1v) is 14.9. The molecule has 1 fully saturated rings. The number of likely N-dealkylation sites (tertiary alicyclic amines) is 1. The number of aryl methyl sites for hydroxylation is 1. The molecule has 3 aromatic rings. The number of nitrogens with two attached hydrogens (primary N) is 1. The molecule has 4 rings (SSSR count). The first kappa shape index (κ1) is 29.8. The van der Waals surface area contributed by atoms with Crippen molar-refractivity contribution >= 4 is 50.7 Å². The Balaban J connectivity index is 1.43. The topological polar surface area (TPSA) is 142 Å². The van der Waals surface area contributed by atoms with Gasteiger partial charge in [-0.25, -0.2) is 8.42 Å². The van der Waals surface area contributed by atoms with Crippen LogP contribution in [0.5, 0.6) is 0 Å². The molecule has 1 aliphatic rings. The number of halogens is 2. The average Bonchev–Trinajstić information content (AvgIpc) is 2.86. The lowest BCUT2D eigenvalue weighted by Gasteiger charge is -2.44.